The molecule has 128 valence electrons. The number of hydrogen-bond donors (Lipinski definition) is 0. The highest BCUT2D eigenvalue weighted by atomic mass is 79.9. The van der Waals surface area contributed by atoms with Crippen molar-refractivity contribution < 1.29 is 9.53 Å². The summed E-state index contributed by atoms with van der Waals surface area (Å²) in [6.07, 6.45) is 3.42. The summed E-state index contributed by atoms with van der Waals surface area (Å²) in [4.78, 5) is 12.1. The summed E-state index contributed by atoms with van der Waals surface area (Å²) in [6, 6.07) is 9.95. The van der Waals surface area contributed by atoms with E-state index in [0.29, 0.717) is 17.8 Å². The maximum Gasteiger partial charge on any atom is 0.321 e. The second-order valence-corrected chi connectivity index (χ2v) is 8.96. The molecule has 0 aliphatic heterocycles. The first kappa shape index (κ1) is 19.0. The van der Waals surface area contributed by atoms with E-state index < -0.39 is 0 Å². The number of ether oxygens (including phenoxy) is 1. The van der Waals surface area contributed by atoms with Crippen molar-refractivity contribution in [1.82, 2.24) is 0 Å². The van der Waals surface area contributed by atoms with E-state index in [1.165, 1.54) is 6.42 Å². The van der Waals surface area contributed by atoms with Crippen molar-refractivity contribution in [3.05, 3.63) is 35.9 Å². The molecule has 1 saturated carbocycles. The van der Waals surface area contributed by atoms with Gasteiger partial charge in [-0.2, -0.15) is 0 Å². The molecule has 4 heteroatoms. The summed E-state index contributed by atoms with van der Waals surface area (Å²) >= 11 is 7.13. The highest BCUT2D eigenvalue weighted by Crippen LogP contribution is 2.37. The van der Waals surface area contributed by atoms with Gasteiger partial charge >= 0.3 is 5.97 Å². The van der Waals surface area contributed by atoms with Gasteiger partial charge in [-0.1, -0.05) is 83.0 Å². The van der Waals surface area contributed by atoms with Crippen LogP contribution in [0, 0.1) is 17.8 Å². The third-order valence-electron chi connectivity index (χ3n) is 4.97. The van der Waals surface area contributed by atoms with E-state index in [9.17, 15) is 4.79 Å². The smallest absolute Gasteiger partial charge is 0.321 e. The molecule has 0 bridgehead atoms. The van der Waals surface area contributed by atoms with Crippen LogP contribution in [0.5, 0.6) is 0 Å². The summed E-state index contributed by atoms with van der Waals surface area (Å²) in [5.74, 6) is 1.58. The molecule has 1 aromatic rings. The van der Waals surface area contributed by atoms with E-state index >= 15 is 0 Å². The number of hydrogen-bond acceptors (Lipinski definition) is 2. The van der Waals surface area contributed by atoms with Gasteiger partial charge in [0.05, 0.1) is 4.83 Å². The predicted octanol–water partition coefficient (Wildman–Crippen LogP) is 5.89. The summed E-state index contributed by atoms with van der Waals surface area (Å²) < 4.78 is 5.87. The predicted molar refractivity (Wildman–Crippen MR) is 102 cm³/mol. The van der Waals surface area contributed by atoms with Crippen LogP contribution >= 0.6 is 31.9 Å². The van der Waals surface area contributed by atoms with Crippen molar-refractivity contribution in [2.75, 3.05) is 0 Å². The Balaban J connectivity index is 1.97. The molecule has 0 saturated heterocycles. The summed E-state index contributed by atoms with van der Waals surface area (Å²) in [5, 5.41) is 0. The van der Waals surface area contributed by atoms with Gasteiger partial charge in [0, 0.05) is 0 Å². The van der Waals surface area contributed by atoms with Gasteiger partial charge in [-0.25, -0.2) is 0 Å². The molecule has 1 aromatic carbocycles. The lowest BCUT2D eigenvalue weighted by molar-refractivity contribution is -0.153. The second kappa shape index (κ2) is 8.66. The third-order valence-corrected chi connectivity index (χ3v) is 7.64. The van der Waals surface area contributed by atoms with Gasteiger partial charge in [0.1, 0.15) is 10.9 Å². The number of benzene rings is 1. The Morgan fingerprint density at radius 1 is 1.17 bits per heavy atom. The van der Waals surface area contributed by atoms with Gasteiger partial charge in [-0.3, -0.25) is 4.79 Å². The highest BCUT2D eigenvalue weighted by molar-refractivity contribution is 9.12. The third kappa shape index (κ3) is 5.06. The average Bonchev–Trinajstić information content (AvgIpc) is 2.56. The maximum absolute atomic E-state index is 12.5. The van der Waals surface area contributed by atoms with Crippen molar-refractivity contribution >= 4 is 37.8 Å². The van der Waals surface area contributed by atoms with Crippen LogP contribution in [0.15, 0.2) is 30.3 Å². The molecule has 1 aliphatic rings. The van der Waals surface area contributed by atoms with E-state index in [-0.39, 0.29) is 21.7 Å². The molecule has 5 atom stereocenters. The Bertz CT molecular complexity index is 503. The first-order chi connectivity index (χ1) is 10.9. The molecular formula is C19H26Br2O2. The number of carbonyl (C=O) groups excluding carboxylic acids is 1. The maximum atomic E-state index is 12.5. The molecule has 0 spiro atoms. The number of carbonyl (C=O) groups is 1. The quantitative estimate of drug-likeness (QED) is 0.417. The van der Waals surface area contributed by atoms with Crippen LogP contribution in [0.1, 0.15) is 50.4 Å². The summed E-state index contributed by atoms with van der Waals surface area (Å²) in [6.45, 7) is 6.72. The fourth-order valence-electron chi connectivity index (χ4n) is 3.22. The molecule has 0 amide bonds. The minimum atomic E-state index is -0.378. The first-order valence-corrected chi connectivity index (χ1v) is 10.3. The zero-order chi connectivity index (χ0) is 17.0. The standard InChI is InChI=1S/C19H26Br2O2/c1-12(2)15-10-9-13(3)16(11-15)23-19(22)18(21)17(20)14-7-5-4-6-8-14/h4-8,12-13,15-18H,9-11H2,1-3H3/t13-,15+,16+,17+,18+/m0/s1. The molecule has 0 N–H and O–H groups in total. The normalized spacial score (nSPS) is 27.5. The molecule has 2 nitrogen and oxygen atoms in total. The topological polar surface area (TPSA) is 26.3 Å². The molecule has 0 heterocycles. The Kier molecular flexibility index (Phi) is 7.15. The minimum absolute atomic E-state index is 0.0409. The van der Waals surface area contributed by atoms with Crippen LogP contribution in [0.4, 0.5) is 0 Å². The van der Waals surface area contributed by atoms with Crippen molar-refractivity contribution in [3.8, 4) is 0 Å². The fourth-order valence-corrected chi connectivity index (χ4v) is 4.15. The van der Waals surface area contributed by atoms with Crippen molar-refractivity contribution in [3.63, 3.8) is 0 Å². The lowest BCUT2D eigenvalue weighted by atomic mass is 9.76. The van der Waals surface area contributed by atoms with Crippen molar-refractivity contribution in [2.24, 2.45) is 17.8 Å². The molecular weight excluding hydrogens is 420 g/mol. The average molecular weight is 446 g/mol. The van der Waals surface area contributed by atoms with E-state index in [2.05, 4.69) is 52.6 Å². The zero-order valence-corrected chi connectivity index (χ0v) is 17.2. The van der Waals surface area contributed by atoms with Gasteiger partial charge in [0.25, 0.3) is 0 Å². The molecule has 0 aromatic heterocycles. The molecule has 2 rings (SSSR count). The molecule has 0 unspecified atom stereocenters. The van der Waals surface area contributed by atoms with Crippen LogP contribution in [0.2, 0.25) is 0 Å². The Morgan fingerprint density at radius 3 is 2.43 bits per heavy atom. The van der Waals surface area contributed by atoms with Gasteiger partial charge < -0.3 is 4.74 Å². The Labute approximate surface area is 156 Å². The van der Waals surface area contributed by atoms with Crippen LogP contribution in [-0.2, 0) is 9.53 Å². The Hall–Kier alpha value is -0.350. The van der Waals surface area contributed by atoms with E-state index in [1.54, 1.807) is 0 Å². The monoisotopic (exact) mass is 444 g/mol. The van der Waals surface area contributed by atoms with Gasteiger partial charge in [0.2, 0.25) is 0 Å². The largest absolute Gasteiger partial charge is 0.461 e. The highest BCUT2D eigenvalue weighted by Gasteiger charge is 2.34. The van der Waals surface area contributed by atoms with Crippen LogP contribution in [0.3, 0.4) is 0 Å². The number of esters is 1. The van der Waals surface area contributed by atoms with Crippen molar-refractivity contribution in [2.45, 2.75) is 55.8 Å². The number of rotatable bonds is 5. The minimum Gasteiger partial charge on any atom is -0.461 e. The van der Waals surface area contributed by atoms with E-state index in [4.69, 9.17) is 4.74 Å². The first-order valence-electron chi connectivity index (χ1n) is 8.43. The molecule has 23 heavy (non-hydrogen) atoms. The van der Waals surface area contributed by atoms with E-state index in [0.717, 1.165) is 18.4 Å². The van der Waals surface area contributed by atoms with Gasteiger partial charge in [-0.05, 0) is 42.6 Å². The summed E-state index contributed by atoms with van der Waals surface area (Å²) in [5.41, 5.74) is 1.07. The molecule has 1 fully saturated rings. The summed E-state index contributed by atoms with van der Waals surface area (Å²) in [7, 11) is 0. The van der Waals surface area contributed by atoms with Gasteiger partial charge in [-0.15, -0.1) is 0 Å². The van der Waals surface area contributed by atoms with Crippen molar-refractivity contribution in [1.29, 1.82) is 0 Å². The van der Waals surface area contributed by atoms with Crippen LogP contribution in [0.25, 0.3) is 0 Å². The fraction of sp³-hybridized carbons (Fsp3) is 0.632. The zero-order valence-electron chi connectivity index (χ0n) is 14.0. The van der Waals surface area contributed by atoms with Crippen LogP contribution in [-0.4, -0.2) is 16.9 Å². The van der Waals surface area contributed by atoms with E-state index in [1.807, 2.05) is 30.3 Å². The number of alkyl halides is 2. The number of halogens is 2. The Morgan fingerprint density at radius 2 is 1.83 bits per heavy atom. The molecule has 1 aliphatic carbocycles. The van der Waals surface area contributed by atoms with Crippen LogP contribution < -0.4 is 0 Å². The lowest BCUT2D eigenvalue weighted by Crippen LogP contribution is -2.36. The SMILES string of the molecule is CC(C)[C@@H]1CC[C@H](C)[C@H](OC(=O)[C@H](Br)[C@H](Br)c2ccccc2)C1. The lowest BCUT2D eigenvalue weighted by Gasteiger charge is -2.36. The molecule has 0 radical (unpaired) electrons. The second-order valence-electron chi connectivity index (χ2n) is 6.98. The van der Waals surface area contributed by atoms with Gasteiger partial charge in [0.15, 0.2) is 0 Å².